The minimum absolute atomic E-state index is 0.115. The maximum atomic E-state index is 12.0. The van der Waals surface area contributed by atoms with E-state index in [0.29, 0.717) is 28.7 Å². The summed E-state index contributed by atoms with van der Waals surface area (Å²) in [5.74, 6) is 1.98. The topological polar surface area (TPSA) is 69.2 Å². The molecule has 0 heterocycles. The van der Waals surface area contributed by atoms with Crippen molar-refractivity contribution in [2.45, 2.75) is 19.8 Å². The Morgan fingerprint density at radius 3 is 2.58 bits per heavy atom. The van der Waals surface area contributed by atoms with Crippen molar-refractivity contribution in [1.82, 2.24) is 5.43 Å². The molecule has 2 rings (SSSR count). The van der Waals surface area contributed by atoms with Crippen molar-refractivity contribution < 1.29 is 19.0 Å². The van der Waals surface area contributed by atoms with Gasteiger partial charge in [0.1, 0.15) is 17.2 Å². The van der Waals surface area contributed by atoms with Crippen molar-refractivity contribution in [2.75, 3.05) is 20.8 Å². The van der Waals surface area contributed by atoms with Crippen molar-refractivity contribution in [1.29, 1.82) is 0 Å². The second-order valence-corrected chi connectivity index (χ2v) is 5.88. The lowest BCUT2D eigenvalue weighted by atomic mass is 10.0. The quantitative estimate of drug-likeness (QED) is 0.582. The first kappa shape index (κ1) is 19.3. The van der Waals surface area contributed by atoms with Crippen LogP contribution in [0.1, 0.15) is 30.9 Å². The summed E-state index contributed by atoms with van der Waals surface area (Å²) in [5.41, 5.74) is 4.20. The molecule has 2 aromatic rings. The zero-order chi connectivity index (χ0) is 18.9. The molecule has 2 aromatic carbocycles. The molecule has 0 saturated carbocycles. The maximum Gasteiger partial charge on any atom is 0.277 e. The molecule has 0 aliphatic carbocycles. The van der Waals surface area contributed by atoms with Crippen molar-refractivity contribution in [3.05, 3.63) is 53.6 Å². The third-order valence-corrected chi connectivity index (χ3v) is 3.73. The standard InChI is InChI=1S/C20H24N2O4/c1-14(2)17-7-5-6-8-19(17)26-13-20(23)22-21-12-15-11-16(24-3)9-10-18(15)25-4/h5-12,14H,13H2,1-4H3,(H,22,23). The fourth-order valence-corrected chi connectivity index (χ4v) is 2.38. The number of methoxy groups -OCH3 is 2. The number of nitrogens with zero attached hydrogens (tertiary/aromatic N) is 1. The highest BCUT2D eigenvalue weighted by Gasteiger charge is 2.09. The van der Waals surface area contributed by atoms with E-state index < -0.39 is 0 Å². The van der Waals surface area contributed by atoms with Crippen LogP contribution in [0.15, 0.2) is 47.6 Å². The van der Waals surface area contributed by atoms with Gasteiger partial charge >= 0.3 is 0 Å². The van der Waals surface area contributed by atoms with Gasteiger partial charge < -0.3 is 14.2 Å². The predicted molar refractivity (Wildman–Crippen MR) is 101 cm³/mol. The van der Waals surface area contributed by atoms with Crippen LogP contribution in [0, 0.1) is 0 Å². The fraction of sp³-hybridized carbons (Fsp3) is 0.300. The van der Waals surface area contributed by atoms with Gasteiger partial charge in [-0.15, -0.1) is 0 Å². The number of hydrazone groups is 1. The number of nitrogens with one attached hydrogen (secondary N) is 1. The number of hydrogen-bond donors (Lipinski definition) is 1. The number of carbonyl (C=O) groups is 1. The molecule has 0 aliphatic rings. The third kappa shape index (κ3) is 5.24. The Hall–Kier alpha value is -3.02. The molecule has 0 atom stereocenters. The van der Waals surface area contributed by atoms with E-state index in [9.17, 15) is 4.79 Å². The summed E-state index contributed by atoms with van der Waals surface area (Å²) < 4.78 is 16.0. The molecule has 1 N–H and O–H groups in total. The van der Waals surface area contributed by atoms with E-state index in [1.165, 1.54) is 6.21 Å². The average Bonchev–Trinajstić information content (AvgIpc) is 2.66. The monoisotopic (exact) mass is 356 g/mol. The highest BCUT2D eigenvalue weighted by Crippen LogP contribution is 2.25. The molecule has 0 spiro atoms. The van der Waals surface area contributed by atoms with Crippen molar-refractivity contribution >= 4 is 12.1 Å². The molecule has 0 aromatic heterocycles. The van der Waals surface area contributed by atoms with Crippen LogP contribution in [0.3, 0.4) is 0 Å². The van der Waals surface area contributed by atoms with Gasteiger partial charge in [-0.25, -0.2) is 5.43 Å². The van der Waals surface area contributed by atoms with Crippen LogP contribution in [-0.2, 0) is 4.79 Å². The van der Waals surface area contributed by atoms with E-state index in [0.717, 1.165) is 5.56 Å². The van der Waals surface area contributed by atoms with E-state index in [4.69, 9.17) is 14.2 Å². The van der Waals surface area contributed by atoms with Crippen molar-refractivity contribution in [3.8, 4) is 17.2 Å². The summed E-state index contributed by atoms with van der Waals surface area (Å²) in [6.07, 6.45) is 1.50. The van der Waals surface area contributed by atoms with Gasteiger partial charge in [-0.05, 0) is 35.7 Å². The minimum Gasteiger partial charge on any atom is -0.497 e. The number of carbonyl (C=O) groups excluding carboxylic acids is 1. The van der Waals surface area contributed by atoms with Crippen molar-refractivity contribution in [3.63, 3.8) is 0 Å². The Labute approximate surface area is 153 Å². The first-order chi connectivity index (χ1) is 12.5. The Bertz CT molecular complexity index is 772. The lowest BCUT2D eigenvalue weighted by Gasteiger charge is -2.13. The molecule has 0 radical (unpaired) electrons. The number of rotatable bonds is 8. The van der Waals surface area contributed by atoms with Crippen LogP contribution in [0.4, 0.5) is 0 Å². The van der Waals surface area contributed by atoms with Crippen LogP contribution in [0.2, 0.25) is 0 Å². The van der Waals surface area contributed by atoms with Gasteiger partial charge in [0.25, 0.3) is 5.91 Å². The SMILES string of the molecule is COc1ccc(OC)c(C=NNC(=O)COc2ccccc2C(C)C)c1. The van der Waals surface area contributed by atoms with E-state index >= 15 is 0 Å². The minimum atomic E-state index is -0.346. The zero-order valence-electron chi connectivity index (χ0n) is 15.5. The van der Waals surface area contributed by atoms with Gasteiger partial charge in [-0.1, -0.05) is 32.0 Å². The normalized spacial score (nSPS) is 10.8. The predicted octanol–water partition coefficient (Wildman–Crippen LogP) is 3.36. The summed E-state index contributed by atoms with van der Waals surface area (Å²) in [6.45, 7) is 4.04. The summed E-state index contributed by atoms with van der Waals surface area (Å²) in [7, 11) is 3.15. The molecular formula is C20H24N2O4. The van der Waals surface area contributed by atoms with Crippen LogP contribution >= 0.6 is 0 Å². The first-order valence-corrected chi connectivity index (χ1v) is 8.30. The van der Waals surface area contributed by atoms with E-state index in [1.54, 1.807) is 32.4 Å². The molecule has 6 nitrogen and oxygen atoms in total. The molecular weight excluding hydrogens is 332 g/mol. The number of benzene rings is 2. The van der Waals surface area contributed by atoms with Crippen molar-refractivity contribution in [2.24, 2.45) is 5.10 Å². The molecule has 26 heavy (non-hydrogen) atoms. The molecule has 0 bridgehead atoms. The van der Waals surface area contributed by atoms with Gasteiger partial charge in [0.2, 0.25) is 0 Å². The van der Waals surface area contributed by atoms with Gasteiger partial charge in [-0.3, -0.25) is 4.79 Å². The number of amides is 1. The Balaban J connectivity index is 1.94. The zero-order valence-corrected chi connectivity index (χ0v) is 15.5. The third-order valence-electron chi connectivity index (χ3n) is 3.73. The largest absolute Gasteiger partial charge is 0.497 e. The van der Waals surface area contributed by atoms with Crippen LogP contribution in [0.25, 0.3) is 0 Å². The van der Waals surface area contributed by atoms with Crippen LogP contribution < -0.4 is 19.6 Å². The number of hydrogen-bond acceptors (Lipinski definition) is 5. The molecule has 138 valence electrons. The first-order valence-electron chi connectivity index (χ1n) is 8.30. The highest BCUT2D eigenvalue weighted by atomic mass is 16.5. The highest BCUT2D eigenvalue weighted by molar-refractivity contribution is 5.86. The lowest BCUT2D eigenvalue weighted by molar-refractivity contribution is -0.123. The fourth-order valence-electron chi connectivity index (χ4n) is 2.38. The van der Waals surface area contributed by atoms with Gasteiger partial charge in [0, 0.05) is 5.56 Å². The molecule has 1 amide bonds. The second kappa shape index (κ2) is 9.46. The van der Waals surface area contributed by atoms with Gasteiger partial charge in [0.15, 0.2) is 6.61 Å². The Kier molecular flexibility index (Phi) is 7.02. The van der Waals surface area contributed by atoms with Crippen LogP contribution in [0.5, 0.6) is 17.2 Å². The molecule has 6 heteroatoms. The summed E-state index contributed by atoms with van der Waals surface area (Å²) >= 11 is 0. The van der Waals surface area contributed by atoms with Crippen LogP contribution in [-0.4, -0.2) is 32.9 Å². The van der Waals surface area contributed by atoms with E-state index in [1.807, 2.05) is 24.3 Å². The summed E-state index contributed by atoms with van der Waals surface area (Å²) in [4.78, 5) is 12.0. The summed E-state index contributed by atoms with van der Waals surface area (Å²) in [6, 6.07) is 13.0. The lowest BCUT2D eigenvalue weighted by Crippen LogP contribution is -2.25. The van der Waals surface area contributed by atoms with E-state index in [-0.39, 0.29) is 12.5 Å². The average molecular weight is 356 g/mol. The maximum absolute atomic E-state index is 12.0. The Morgan fingerprint density at radius 2 is 1.88 bits per heavy atom. The van der Waals surface area contributed by atoms with Gasteiger partial charge in [0.05, 0.1) is 20.4 Å². The molecule has 0 fully saturated rings. The Morgan fingerprint density at radius 1 is 1.12 bits per heavy atom. The molecule has 0 aliphatic heterocycles. The molecule has 0 saturated heterocycles. The molecule has 0 unspecified atom stereocenters. The summed E-state index contributed by atoms with van der Waals surface area (Å²) in [5, 5.41) is 3.96. The number of para-hydroxylation sites is 1. The smallest absolute Gasteiger partial charge is 0.277 e. The second-order valence-electron chi connectivity index (χ2n) is 5.88. The van der Waals surface area contributed by atoms with E-state index in [2.05, 4.69) is 24.4 Å². The number of ether oxygens (including phenoxy) is 3. The van der Waals surface area contributed by atoms with Gasteiger partial charge in [-0.2, -0.15) is 5.10 Å².